The van der Waals surface area contributed by atoms with Crippen LogP contribution in [0.25, 0.3) is 10.2 Å². The molecule has 0 atom stereocenters. The lowest BCUT2D eigenvalue weighted by molar-refractivity contribution is -0.118. The number of benzene rings is 2. The molecule has 1 fully saturated rings. The van der Waals surface area contributed by atoms with E-state index in [2.05, 4.69) is 10.3 Å². The molecule has 0 saturated carbocycles. The quantitative estimate of drug-likeness (QED) is 0.514. The van der Waals surface area contributed by atoms with Crippen LogP contribution < -0.4 is 10.1 Å². The Labute approximate surface area is 190 Å². The zero-order chi connectivity index (χ0) is 22.5. The van der Waals surface area contributed by atoms with Crippen molar-refractivity contribution in [3.8, 4) is 5.75 Å². The van der Waals surface area contributed by atoms with Crippen molar-refractivity contribution in [2.45, 2.75) is 10.7 Å². The molecular weight excluding hydrogens is 460 g/mol. The van der Waals surface area contributed by atoms with Gasteiger partial charge in [0, 0.05) is 23.5 Å². The van der Waals surface area contributed by atoms with Gasteiger partial charge < -0.3 is 14.4 Å². The first kappa shape index (κ1) is 22.4. The molecular formula is C21H19F2N3O4S2. The van der Waals surface area contributed by atoms with Crippen molar-refractivity contribution >= 4 is 50.3 Å². The van der Waals surface area contributed by atoms with E-state index in [1.165, 1.54) is 11.3 Å². The summed E-state index contributed by atoms with van der Waals surface area (Å²) in [6.45, 7) is 1.96. The number of fused-ring (bicyclic) bond motifs is 1. The Hall–Kier alpha value is -2.76. The Morgan fingerprint density at radius 1 is 1.19 bits per heavy atom. The van der Waals surface area contributed by atoms with E-state index < -0.39 is 11.7 Å². The van der Waals surface area contributed by atoms with Gasteiger partial charge in [0.2, 0.25) is 0 Å². The van der Waals surface area contributed by atoms with Crippen molar-refractivity contribution in [1.82, 2.24) is 9.88 Å². The predicted octanol–water partition coefficient (Wildman–Crippen LogP) is 4.10. The molecule has 0 bridgehead atoms. The van der Waals surface area contributed by atoms with Gasteiger partial charge in [0.15, 0.2) is 11.7 Å². The van der Waals surface area contributed by atoms with Gasteiger partial charge in [0.1, 0.15) is 5.75 Å². The molecule has 4 rings (SSSR count). The number of ether oxygens (including phenoxy) is 2. The van der Waals surface area contributed by atoms with Crippen molar-refractivity contribution in [3.05, 3.63) is 48.0 Å². The van der Waals surface area contributed by atoms with Gasteiger partial charge in [-0.25, -0.2) is 4.98 Å². The van der Waals surface area contributed by atoms with Crippen LogP contribution in [-0.2, 0) is 9.53 Å². The number of amides is 2. The van der Waals surface area contributed by atoms with Crippen LogP contribution in [0.4, 0.5) is 13.9 Å². The number of alkyl halides is 2. The highest BCUT2D eigenvalue weighted by atomic mass is 32.2. The topological polar surface area (TPSA) is 80.8 Å². The molecule has 11 heteroatoms. The van der Waals surface area contributed by atoms with E-state index in [-0.39, 0.29) is 12.5 Å². The van der Waals surface area contributed by atoms with Gasteiger partial charge in [-0.05, 0) is 42.5 Å². The predicted molar refractivity (Wildman–Crippen MR) is 119 cm³/mol. The van der Waals surface area contributed by atoms with E-state index in [4.69, 9.17) is 9.47 Å². The van der Waals surface area contributed by atoms with Crippen LogP contribution in [-0.4, -0.2) is 60.4 Å². The van der Waals surface area contributed by atoms with Crippen LogP contribution in [0.2, 0.25) is 0 Å². The Morgan fingerprint density at radius 3 is 2.66 bits per heavy atom. The van der Waals surface area contributed by atoms with E-state index in [0.29, 0.717) is 69.6 Å². The Morgan fingerprint density at radius 2 is 1.94 bits per heavy atom. The molecule has 0 radical (unpaired) electrons. The number of thiazole rings is 1. The summed E-state index contributed by atoms with van der Waals surface area (Å²) in [5, 5.41) is 3.01. The van der Waals surface area contributed by atoms with Crippen LogP contribution in [0, 0.1) is 0 Å². The molecule has 1 saturated heterocycles. The summed E-state index contributed by atoms with van der Waals surface area (Å²) in [5.41, 5.74) is 1.16. The van der Waals surface area contributed by atoms with Crippen molar-refractivity contribution in [2.24, 2.45) is 0 Å². The number of hydrogen-bond acceptors (Lipinski definition) is 7. The molecule has 0 unspecified atom stereocenters. The average molecular weight is 480 g/mol. The summed E-state index contributed by atoms with van der Waals surface area (Å²) >= 11 is 1.66. The Balaban J connectivity index is 1.30. The van der Waals surface area contributed by atoms with Gasteiger partial charge in [0.05, 0.1) is 23.4 Å². The molecule has 1 aromatic heterocycles. The van der Waals surface area contributed by atoms with E-state index in [9.17, 15) is 18.4 Å². The second-order valence-electron chi connectivity index (χ2n) is 6.79. The van der Waals surface area contributed by atoms with Gasteiger partial charge in [0.25, 0.3) is 17.6 Å². The maximum Gasteiger partial charge on any atom is 0.288 e. The van der Waals surface area contributed by atoms with Crippen LogP contribution in [0.15, 0.2) is 47.4 Å². The standard InChI is InChI=1S/C21H19F2N3O4S2/c22-20(23)31-15-5-6-16-17(11-15)32-21(24-16)25-18(27)12-30-14-3-1-13(2-4-14)19(28)26-7-9-29-10-8-26/h1-6,11,20H,7-10,12H2,(H,24,25,27). The number of anilines is 1. The second-order valence-corrected chi connectivity index (χ2v) is 8.89. The van der Waals surface area contributed by atoms with Gasteiger partial charge in [-0.3, -0.25) is 14.9 Å². The fraction of sp³-hybridized carbons (Fsp3) is 0.286. The average Bonchev–Trinajstić information content (AvgIpc) is 3.19. The zero-order valence-corrected chi connectivity index (χ0v) is 18.4. The molecule has 32 heavy (non-hydrogen) atoms. The van der Waals surface area contributed by atoms with Gasteiger partial charge >= 0.3 is 0 Å². The number of hydrogen-bond donors (Lipinski definition) is 1. The first-order valence-corrected chi connectivity index (χ1v) is 11.4. The third kappa shape index (κ3) is 5.72. The second kappa shape index (κ2) is 10.2. The fourth-order valence-electron chi connectivity index (χ4n) is 3.08. The third-order valence-electron chi connectivity index (χ3n) is 4.60. The van der Waals surface area contributed by atoms with E-state index >= 15 is 0 Å². The minimum absolute atomic E-state index is 0.0662. The number of nitrogens with one attached hydrogen (secondary N) is 1. The summed E-state index contributed by atoms with van der Waals surface area (Å²) in [4.78, 5) is 31.1. The Bertz CT molecular complexity index is 1100. The number of halogens is 2. The van der Waals surface area contributed by atoms with Crippen LogP contribution in [0.1, 0.15) is 10.4 Å². The molecule has 2 amide bonds. The highest BCUT2D eigenvalue weighted by molar-refractivity contribution is 7.99. The monoisotopic (exact) mass is 479 g/mol. The SMILES string of the molecule is O=C(COc1ccc(C(=O)N2CCOCC2)cc1)Nc1nc2ccc(SC(F)F)cc2s1. The first-order chi connectivity index (χ1) is 15.5. The van der Waals surface area contributed by atoms with Crippen LogP contribution in [0.3, 0.4) is 0 Å². The largest absolute Gasteiger partial charge is 0.484 e. The van der Waals surface area contributed by atoms with Crippen molar-refractivity contribution < 1.29 is 27.8 Å². The smallest absolute Gasteiger partial charge is 0.288 e. The molecule has 2 heterocycles. The highest BCUT2D eigenvalue weighted by Gasteiger charge is 2.18. The van der Waals surface area contributed by atoms with Crippen LogP contribution >= 0.6 is 23.1 Å². The van der Waals surface area contributed by atoms with E-state index in [1.54, 1.807) is 47.4 Å². The third-order valence-corrected chi connectivity index (χ3v) is 6.24. The molecule has 7 nitrogen and oxygen atoms in total. The zero-order valence-electron chi connectivity index (χ0n) is 16.8. The normalized spacial score (nSPS) is 14.0. The molecule has 2 aromatic carbocycles. The van der Waals surface area contributed by atoms with Crippen LogP contribution in [0.5, 0.6) is 5.75 Å². The van der Waals surface area contributed by atoms with Crippen molar-refractivity contribution in [1.29, 1.82) is 0 Å². The fourth-order valence-corrected chi connectivity index (χ4v) is 4.62. The molecule has 1 aliphatic heterocycles. The number of thioether (sulfide) groups is 1. The van der Waals surface area contributed by atoms with E-state index in [1.807, 2.05) is 0 Å². The van der Waals surface area contributed by atoms with Gasteiger partial charge in [-0.15, -0.1) is 0 Å². The molecule has 168 valence electrons. The number of morpholine rings is 1. The van der Waals surface area contributed by atoms with Crippen molar-refractivity contribution in [3.63, 3.8) is 0 Å². The summed E-state index contributed by atoms with van der Waals surface area (Å²) in [6.07, 6.45) is 0. The number of carbonyl (C=O) groups is 2. The lowest BCUT2D eigenvalue weighted by atomic mass is 10.2. The molecule has 3 aromatic rings. The lowest BCUT2D eigenvalue weighted by Crippen LogP contribution is -2.40. The lowest BCUT2D eigenvalue weighted by Gasteiger charge is -2.26. The summed E-state index contributed by atoms with van der Waals surface area (Å²) in [6, 6.07) is 11.4. The Kier molecular flexibility index (Phi) is 7.18. The summed E-state index contributed by atoms with van der Waals surface area (Å²) < 4.78 is 36.5. The van der Waals surface area contributed by atoms with Crippen molar-refractivity contribution in [2.75, 3.05) is 38.2 Å². The molecule has 0 spiro atoms. The van der Waals surface area contributed by atoms with Gasteiger partial charge in [-0.1, -0.05) is 23.1 Å². The minimum atomic E-state index is -2.50. The summed E-state index contributed by atoms with van der Waals surface area (Å²) in [7, 11) is 0. The number of rotatable bonds is 7. The van der Waals surface area contributed by atoms with Gasteiger partial charge in [-0.2, -0.15) is 8.78 Å². The number of aromatic nitrogens is 1. The maximum absolute atomic E-state index is 12.5. The molecule has 1 N–H and O–H groups in total. The first-order valence-electron chi connectivity index (χ1n) is 9.73. The molecule has 1 aliphatic rings. The minimum Gasteiger partial charge on any atom is -0.484 e. The number of nitrogens with zero attached hydrogens (tertiary/aromatic N) is 2. The highest BCUT2D eigenvalue weighted by Crippen LogP contribution is 2.32. The number of carbonyl (C=O) groups excluding carboxylic acids is 2. The maximum atomic E-state index is 12.5. The molecule has 0 aliphatic carbocycles. The van der Waals surface area contributed by atoms with E-state index in [0.717, 1.165) is 0 Å². The summed E-state index contributed by atoms with van der Waals surface area (Å²) in [5.74, 6) is -2.51.